The Morgan fingerprint density at radius 1 is 1.38 bits per heavy atom. The number of amides is 1. The van der Waals surface area contributed by atoms with Gasteiger partial charge >= 0.3 is 5.97 Å². The number of anilines is 1. The summed E-state index contributed by atoms with van der Waals surface area (Å²) in [5.74, 6) is -0.336. The maximum Gasteiger partial charge on any atom is 0.308 e. The molecule has 0 aliphatic rings. The quantitative estimate of drug-likeness (QED) is 0.611. The van der Waals surface area contributed by atoms with Crippen LogP contribution in [0.15, 0.2) is 18.2 Å². The highest BCUT2D eigenvalue weighted by Gasteiger charge is 2.34. The standard InChI is InChI=1S/C18H24N2O4/c1-6-23-18(5,10-12(2)3)17(22)20-15-7-8-16(24-13(4)21)14(9-15)11-19/h7-9,12H,6,10H2,1-5H3,(H,20,22)/t18-/m0/s1. The maximum absolute atomic E-state index is 12.6. The normalized spacial score (nSPS) is 13.0. The topological polar surface area (TPSA) is 88.4 Å². The molecule has 0 spiro atoms. The molecule has 0 fully saturated rings. The van der Waals surface area contributed by atoms with Crippen molar-refractivity contribution in [1.29, 1.82) is 5.26 Å². The van der Waals surface area contributed by atoms with Gasteiger partial charge in [-0.3, -0.25) is 9.59 Å². The van der Waals surface area contributed by atoms with E-state index < -0.39 is 11.6 Å². The largest absolute Gasteiger partial charge is 0.425 e. The van der Waals surface area contributed by atoms with Crippen molar-refractivity contribution in [3.05, 3.63) is 23.8 Å². The third-order valence-electron chi connectivity index (χ3n) is 3.35. The van der Waals surface area contributed by atoms with Crippen LogP contribution in [-0.2, 0) is 14.3 Å². The molecule has 1 rings (SSSR count). The van der Waals surface area contributed by atoms with Gasteiger partial charge in [0.1, 0.15) is 17.4 Å². The van der Waals surface area contributed by atoms with Gasteiger partial charge in [-0.05, 0) is 44.4 Å². The van der Waals surface area contributed by atoms with Gasteiger partial charge in [-0.1, -0.05) is 13.8 Å². The highest BCUT2D eigenvalue weighted by atomic mass is 16.5. The van der Waals surface area contributed by atoms with Crippen LogP contribution < -0.4 is 10.1 Å². The fraction of sp³-hybridized carbons (Fsp3) is 0.500. The van der Waals surface area contributed by atoms with Crippen molar-refractivity contribution in [2.24, 2.45) is 5.92 Å². The zero-order chi connectivity index (χ0) is 18.3. The smallest absolute Gasteiger partial charge is 0.308 e. The van der Waals surface area contributed by atoms with E-state index in [9.17, 15) is 14.9 Å². The predicted molar refractivity (Wildman–Crippen MR) is 90.6 cm³/mol. The number of carbonyl (C=O) groups is 2. The first-order valence-corrected chi connectivity index (χ1v) is 7.89. The Bertz CT molecular complexity index is 649. The van der Waals surface area contributed by atoms with Crippen molar-refractivity contribution in [3.63, 3.8) is 0 Å². The molecule has 6 heteroatoms. The lowest BCUT2D eigenvalue weighted by Gasteiger charge is -2.30. The maximum atomic E-state index is 12.6. The molecule has 1 atom stereocenters. The summed E-state index contributed by atoms with van der Waals surface area (Å²) >= 11 is 0. The van der Waals surface area contributed by atoms with Gasteiger partial charge in [-0.15, -0.1) is 0 Å². The van der Waals surface area contributed by atoms with E-state index in [1.807, 2.05) is 26.8 Å². The Labute approximate surface area is 142 Å². The summed E-state index contributed by atoms with van der Waals surface area (Å²) in [6.07, 6.45) is 0.573. The monoisotopic (exact) mass is 332 g/mol. The van der Waals surface area contributed by atoms with Crippen LogP contribution in [0.2, 0.25) is 0 Å². The minimum absolute atomic E-state index is 0.165. The molecule has 0 saturated heterocycles. The van der Waals surface area contributed by atoms with Crippen LogP contribution in [0, 0.1) is 17.2 Å². The van der Waals surface area contributed by atoms with Crippen LogP contribution in [0.25, 0.3) is 0 Å². The second kappa shape index (κ2) is 8.46. The van der Waals surface area contributed by atoms with Crippen LogP contribution in [0.5, 0.6) is 5.75 Å². The van der Waals surface area contributed by atoms with Crippen LogP contribution in [0.4, 0.5) is 5.69 Å². The van der Waals surface area contributed by atoms with E-state index in [0.717, 1.165) is 0 Å². The molecule has 1 amide bonds. The summed E-state index contributed by atoms with van der Waals surface area (Å²) in [4.78, 5) is 23.6. The molecule has 6 nitrogen and oxygen atoms in total. The summed E-state index contributed by atoms with van der Waals surface area (Å²) in [6.45, 7) is 9.32. The van der Waals surface area contributed by atoms with Gasteiger partial charge in [0.15, 0.2) is 0 Å². The number of hydrogen-bond acceptors (Lipinski definition) is 5. The molecule has 24 heavy (non-hydrogen) atoms. The third-order valence-corrected chi connectivity index (χ3v) is 3.35. The number of benzene rings is 1. The van der Waals surface area contributed by atoms with E-state index in [1.165, 1.54) is 19.1 Å². The Kier molecular flexibility index (Phi) is 6.93. The molecular weight excluding hydrogens is 308 g/mol. The number of hydrogen-bond donors (Lipinski definition) is 1. The third kappa shape index (κ3) is 5.36. The van der Waals surface area contributed by atoms with Crippen molar-refractivity contribution in [1.82, 2.24) is 0 Å². The number of carbonyl (C=O) groups excluding carboxylic acids is 2. The number of rotatable bonds is 7. The summed E-state index contributed by atoms with van der Waals surface area (Å²) in [5, 5.41) is 11.9. The SMILES string of the molecule is CCO[C@@](C)(CC(C)C)C(=O)Nc1ccc(OC(C)=O)c(C#N)c1. The summed E-state index contributed by atoms with van der Waals surface area (Å²) in [5.41, 5.74) is -0.336. The average Bonchev–Trinajstić information content (AvgIpc) is 2.47. The van der Waals surface area contributed by atoms with Gasteiger partial charge in [-0.2, -0.15) is 5.26 Å². The molecule has 0 heterocycles. The fourth-order valence-corrected chi connectivity index (χ4v) is 2.52. The van der Waals surface area contributed by atoms with Gasteiger partial charge in [-0.25, -0.2) is 0 Å². The lowest BCUT2D eigenvalue weighted by molar-refractivity contribution is -0.140. The van der Waals surface area contributed by atoms with Gasteiger partial charge in [0.25, 0.3) is 5.91 Å². The molecule has 0 saturated carbocycles. The lowest BCUT2D eigenvalue weighted by atomic mass is 9.93. The number of nitrogens with zero attached hydrogens (tertiary/aromatic N) is 1. The van der Waals surface area contributed by atoms with Gasteiger partial charge in [0, 0.05) is 19.2 Å². The van der Waals surface area contributed by atoms with Crippen molar-refractivity contribution in [2.75, 3.05) is 11.9 Å². The highest BCUT2D eigenvalue weighted by molar-refractivity contribution is 5.97. The van der Waals surface area contributed by atoms with Gasteiger partial charge in [0.2, 0.25) is 0 Å². The molecule has 1 aromatic carbocycles. The molecule has 1 aromatic rings. The first-order chi connectivity index (χ1) is 11.2. The Hall–Kier alpha value is -2.39. The van der Waals surface area contributed by atoms with Gasteiger partial charge in [0.05, 0.1) is 5.56 Å². The number of esters is 1. The summed E-state index contributed by atoms with van der Waals surface area (Å²) in [6, 6.07) is 6.49. The van der Waals surface area contributed by atoms with Crippen LogP contribution in [0.3, 0.4) is 0 Å². The van der Waals surface area contributed by atoms with E-state index in [0.29, 0.717) is 18.7 Å². The number of nitriles is 1. The lowest BCUT2D eigenvalue weighted by Crippen LogP contribution is -2.44. The van der Waals surface area contributed by atoms with E-state index in [-0.39, 0.29) is 23.1 Å². The molecule has 130 valence electrons. The first-order valence-electron chi connectivity index (χ1n) is 7.89. The predicted octanol–water partition coefficient (Wildman–Crippen LogP) is 3.26. The van der Waals surface area contributed by atoms with E-state index in [1.54, 1.807) is 13.0 Å². The van der Waals surface area contributed by atoms with Crippen LogP contribution in [0.1, 0.15) is 46.6 Å². The second-order valence-corrected chi connectivity index (χ2v) is 6.13. The molecule has 0 aliphatic heterocycles. The number of ether oxygens (including phenoxy) is 2. The van der Waals surface area contributed by atoms with E-state index in [4.69, 9.17) is 9.47 Å². The molecule has 0 aromatic heterocycles. The molecule has 0 radical (unpaired) electrons. The van der Waals surface area contributed by atoms with E-state index in [2.05, 4.69) is 5.32 Å². The summed E-state index contributed by atoms with van der Waals surface area (Å²) < 4.78 is 10.6. The average molecular weight is 332 g/mol. The van der Waals surface area contributed by atoms with Crippen LogP contribution >= 0.6 is 0 Å². The molecule has 0 bridgehead atoms. The Morgan fingerprint density at radius 2 is 2.04 bits per heavy atom. The van der Waals surface area contributed by atoms with Crippen LogP contribution in [-0.4, -0.2) is 24.1 Å². The molecule has 0 unspecified atom stereocenters. The Morgan fingerprint density at radius 3 is 2.54 bits per heavy atom. The molecular formula is C18H24N2O4. The second-order valence-electron chi connectivity index (χ2n) is 6.13. The van der Waals surface area contributed by atoms with Gasteiger partial charge < -0.3 is 14.8 Å². The zero-order valence-electron chi connectivity index (χ0n) is 14.8. The van der Waals surface area contributed by atoms with Crippen molar-refractivity contribution in [3.8, 4) is 11.8 Å². The summed E-state index contributed by atoms with van der Waals surface area (Å²) in [7, 11) is 0. The minimum Gasteiger partial charge on any atom is -0.425 e. The van der Waals surface area contributed by atoms with Crippen molar-refractivity contribution in [2.45, 2.75) is 46.6 Å². The minimum atomic E-state index is -0.954. The molecule has 1 N–H and O–H groups in total. The van der Waals surface area contributed by atoms with Crippen molar-refractivity contribution >= 4 is 17.6 Å². The van der Waals surface area contributed by atoms with Crippen molar-refractivity contribution < 1.29 is 19.1 Å². The zero-order valence-corrected chi connectivity index (χ0v) is 14.8. The molecule has 0 aliphatic carbocycles. The Balaban J connectivity index is 3.00. The first kappa shape index (κ1) is 19.7. The number of nitrogens with one attached hydrogen (secondary N) is 1. The fourth-order valence-electron chi connectivity index (χ4n) is 2.52. The highest BCUT2D eigenvalue weighted by Crippen LogP contribution is 2.26. The van der Waals surface area contributed by atoms with E-state index >= 15 is 0 Å².